The van der Waals surface area contributed by atoms with Crippen LogP contribution in [0.1, 0.15) is 31.7 Å². The molecule has 1 N–H and O–H groups in total. The Hall–Kier alpha value is -1.98. The molecule has 0 aliphatic carbocycles. The van der Waals surface area contributed by atoms with E-state index in [9.17, 15) is 18.4 Å². The number of halogens is 2. The van der Waals surface area contributed by atoms with Crippen LogP contribution in [0.25, 0.3) is 0 Å². The Bertz CT molecular complexity index is 591. The average Bonchev–Trinajstić information content (AvgIpc) is 2.80. The molecule has 4 nitrogen and oxygen atoms in total. The van der Waals surface area contributed by atoms with Gasteiger partial charge in [-0.05, 0) is 23.5 Å². The fraction of sp³-hybridized carbons (Fsp3) is 0.500. The van der Waals surface area contributed by atoms with Crippen molar-refractivity contribution in [1.82, 2.24) is 4.90 Å². The van der Waals surface area contributed by atoms with Gasteiger partial charge in [0.25, 0.3) is 0 Å². The molecule has 120 valence electrons. The minimum Gasteiger partial charge on any atom is -0.481 e. The van der Waals surface area contributed by atoms with E-state index in [1.807, 2.05) is 0 Å². The lowest BCUT2D eigenvalue weighted by atomic mass is 9.96. The highest BCUT2D eigenvalue weighted by atomic mass is 19.1. The normalized spacial score (nSPS) is 22.6. The summed E-state index contributed by atoms with van der Waals surface area (Å²) in [6.45, 7) is 4.08. The molecule has 0 spiro atoms. The first-order chi connectivity index (χ1) is 10.3. The number of carbonyl (C=O) groups is 2. The lowest BCUT2D eigenvalue weighted by Crippen LogP contribution is -2.30. The van der Waals surface area contributed by atoms with Crippen molar-refractivity contribution in [2.45, 2.75) is 26.2 Å². The van der Waals surface area contributed by atoms with Crippen molar-refractivity contribution in [2.24, 2.45) is 11.8 Å². The molecule has 1 aromatic carbocycles. The summed E-state index contributed by atoms with van der Waals surface area (Å²) in [5, 5.41) is 9.08. The third kappa shape index (κ3) is 3.43. The number of amides is 1. The summed E-state index contributed by atoms with van der Waals surface area (Å²) in [6, 6.07) is 3.31. The predicted octanol–water partition coefficient (Wildman–Crippen LogP) is 2.64. The standard InChI is InChI=1S/C16H19F2NO3/c1-9(12-4-3-11(17)6-14(12)18)5-15(20)19-7-10(2)13(8-19)16(21)22/h3-4,6,9-10,13H,5,7-8H2,1-2H3,(H,21,22)/t9?,10-,13-/m1/s1. The number of carboxylic acids is 1. The second kappa shape index (κ2) is 6.42. The molecule has 1 aliphatic rings. The van der Waals surface area contributed by atoms with Crippen molar-refractivity contribution in [2.75, 3.05) is 13.1 Å². The van der Waals surface area contributed by atoms with E-state index in [2.05, 4.69) is 0 Å². The Kier molecular flexibility index (Phi) is 4.78. The van der Waals surface area contributed by atoms with Gasteiger partial charge in [0.05, 0.1) is 5.92 Å². The first kappa shape index (κ1) is 16.4. The van der Waals surface area contributed by atoms with E-state index in [0.717, 1.165) is 12.1 Å². The third-order valence-electron chi connectivity index (χ3n) is 4.26. The summed E-state index contributed by atoms with van der Waals surface area (Å²) in [6.07, 6.45) is 0.0710. The largest absolute Gasteiger partial charge is 0.481 e. The maximum absolute atomic E-state index is 13.7. The molecule has 1 saturated heterocycles. The van der Waals surface area contributed by atoms with Gasteiger partial charge in [0.1, 0.15) is 11.6 Å². The van der Waals surface area contributed by atoms with Gasteiger partial charge in [-0.3, -0.25) is 9.59 Å². The fourth-order valence-corrected chi connectivity index (χ4v) is 2.89. The summed E-state index contributed by atoms with van der Waals surface area (Å²) in [7, 11) is 0. The molecule has 1 amide bonds. The Morgan fingerprint density at radius 1 is 1.36 bits per heavy atom. The van der Waals surface area contributed by atoms with E-state index in [1.54, 1.807) is 13.8 Å². The second-order valence-electron chi connectivity index (χ2n) is 5.99. The lowest BCUT2D eigenvalue weighted by Gasteiger charge is -2.19. The quantitative estimate of drug-likeness (QED) is 0.930. The molecule has 1 aliphatic heterocycles. The number of aliphatic carboxylic acids is 1. The van der Waals surface area contributed by atoms with Crippen LogP contribution in [0.4, 0.5) is 8.78 Å². The van der Waals surface area contributed by atoms with E-state index in [1.165, 1.54) is 11.0 Å². The van der Waals surface area contributed by atoms with Gasteiger partial charge in [0.15, 0.2) is 0 Å². The van der Waals surface area contributed by atoms with Gasteiger partial charge < -0.3 is 10.0 Å². The van der Waals surface area contributed by atoms with Crippen LogP contribution < -0.4 is 0 Å². The van der Waals surface area contributed by atoms with Gasteiger partial charge in [0, 0.05) is 25.6 Å². The van der Waals surface area contributed by atoms with Crippen molar-refractivity contribution in [3.63, 3.8) is 0 Å². The zero-order valence-corrected chi connectivity index (χ0v) is 12.6. The summed E-state index contributed by atoms with van der Waals surface area (Å²) >= 11 is 0. The lowest BCUT2D eigenvalue weighted by molar-refractivity contribution is -0.142. The van der Waals surface area contributed by atoms with E-state index in [0.29, 0.717) is 6.54 Å². The number of hydrogen-bond acceptors (Lipinski definition) is 2. The van der Waals surface area contributed by atoms with Crippen LogP contribution in [0.5, 0.6) is 0 Å². The monoisotopic (exact) mass is 311 g/mol. The number of carbonyl (C=O) groups excluding carboxylic acids is 1. The summed E-state index contributed by atoms with van der Waals surface area (Å²) in [5.74, 6) is -3.48. The molecule has 0 saturated carbocycles. The Morgan fingerprint density at radius 2 is 2.05 bits per heavy atom. The zero-order valence-electron chi connectivity index (χ0n) is 12.6. The molecule has 1 unspecified atom stereocenters. The van der Waals surface area contributed by atoms with E-state index >= 15 is 0 Å². The molecular formula is C16H19F2NO3. The van der Waals surface area contributed by atoms with Crippen molar-refractivity contribution >= 4 is 11.9 Å². The van der Waals surface area contributed by atoms with Gasteiger partial charge in [-0.2, -0.15) is 0 Å². The van der Waals surface area contributed by atoms with Crippen LogP contribution in [0.15, 0.2) is 18.2 Å². The van der Waals surface area contributed by atoms with Gasteiger partial charge in [-0.1, -0.05) is 19.9 Å². The molecule has 6 heteroatoms. The van der Waals surface area contributed by atoms with Gasteiger partial charge in [-0.15, -0.1) is 0 Å². The van der Waals surface area contributed by atoms with E-state index in [-0.39, 0.29) is 30.4 Å². The van der Waals surface area contributed by atoms with Crippen molar-refractivity contribution in [3.05, 3.63) is 35.4 Å². The third-order valence-corrected chi connectivity index (χ3v) is 4.26. The van der Waals surface area contributed by atoms with Crippen molar-refractivity contribution in [1.29, 1.82) is 0 Å². The molecule has 1 heterocycles. The molecule has 22 heavy (non-hydrogen) atoms. The Morgan fingerprint density at radius 3 is 2.59 bits per heavy atom. The number of hydrogen-bond donors (Lipinski definition) is 1. The van der Waals surface area contributed by atoms with Crippen LogP contribution in [0.2, 0.25) is 0 Å². The summed E-state index contributed by atoms with van der Waals surface area (Å²) < 4.78 is 26.6. The topological polar surface area (TPSA) is 57.6 Å². The summed E-state index contributed by atoms with van der Waals surface area (Å²) in [4.78, 5) is 24.9. The fourth-order valence-electron chi connectivity index (χ4n) is 2.89. The molecule has 1 aromatic rings. The van der Waals surface area contributed by atoms with Crippen LogP contribution in [0, 0.1) is 23.5 Å². The first-order valence-corrected chi connectivity index (χ1v) is 7.25. The number of nitrogens with zero attached hydrogens (tertiary/aromatic N) is 1. The second-order valence-corrected chi connectivity index (χ2v) is 5.99. The van der Waals surface area contributed by atoms with Crippen LogP contribution in [-0.4, -0.2) is 35.0 Å². The van der Waals surface area contributed by atoms with Crippen molar-refractivity contribution in [3.8, 4) is 0 Å². The maximum Gasteiger partial charge on any atom is 0.308 e. The zero-order chi connectivity index (χ0) is 16.4. The van der Waals surface area contributed by atoms with Crippen LogP contribution in [0.3, 0.4) is 0 Å². The Balaban J connectivity index is 2.01. The van der Waals surface area contributed by atoms with E-state index in [4.69, 9.17) is 5.11 Å². The van der Waals surface area contributed by atoms with Crippen molar-refractivity contribution < 1.29 is 23.5 Å². The van der Waals surface area contributed by atoms with Crippen LogP contribution in [-0.2, 0) is 9.59 Å². The number of likely N-dealkylation sites (tertiary alicyclic amines) is 1. The predicted molar refractivity (Wildman–Crippen MR) is 76.3 cm³/mol. The molecule has 0 radical (unpaired) electrons. The first-order valence-electron chi connectivity index (χ1n) is 7.25. The minimum absolute atomic E-state index is 0.0710. The van der Waals surface area contributed by atoms with E-state index < -0.39 is 29.4 Å². The molecule has 0 aromatic heterocycles. The van der Waals surface area contributed by atoms with Gasteiger partial charge >= 0.3 is 5.97 Å². The molecule has 0 bridgehead atoms. The number of rotatable bonds is 4. The van der Waals surface area contributed by atoms with Gasteiger partial charge in [0.2, 0.25) is 5.91 Å². The number of benzene rings is 1. The number of carboxylic acid groups (broad SMARTS) is 1. The highest BCUT2D eigenvalue weighted by Gasteiger charge is 2.37. The molecule has 2 rings (SSSR count). The molecule has 1 fully saturated rings. The smallest absolute Gasteiger partial charge is 0.308 e. The highest BCUT2D eigenvalue weighted by Crippen LogP contribution is 2.27. The SMILES string of the molecule is CC(CC(=O)N1C[C@@H](C)[C@H](C(=O)O)C1)c1ccc(F)cc1F. The average molecular weight is 311 g/mol. The highest BCUT2D eigenvalue weighted by molar-refractivity contribution is 5.79. The summed E-state index contributed by atoms with van der Waals surface area (Å²) in [5.41, 5.74) is 0.289. The Labute approximate surface area is 127 Å². The minimum atomic E-state index is -0.902. The van der Waals surface area contributed by atoms with Gasteiger partial charge in [-0.25, -0.2) is 8.78 Å². The maximum atomic E-state index is 13.7. The van der Waals surface area contributed by atoms with Crippen LogP contribution >= 0.6 is 0 Å². The molecular weight excluding hydrogens is 292 g/mol. The molecule has 3 atom stereocenters.